The van der Waals surface area contributed by atoms with Gasteiger partial charge in [0, 0.05) is 55.9 Å². The van der Waals surface area contributed by atoms with Gasteiger partial charge in [0.05, 0.1) is 0 Å². The lowest BCUT2D eigenvalue weighted by Crippen LogP contribution is -2.60. The average molecular weight is 355 g/mol. The quantitative estimate of drug-likeness (QED) is 0.620. The smallest absolute Gasteiger partial charge is 0.193 e. The lowest BCUT2D eigenvalue weighted by molar-refractivity contribution is -0.0166. The van der Waals surface area contributed by atoms with Crippen LogP contribution in [-0.4, -0.2) is 84.8 Å². The van der Waals surface area contributed by atoms with Crippen molar-refractivity contribution in [2.24, 2.45) is 4.99 Å². The van der Waals surface area contributed by atoms with Gasteiger partial charge in [0.2, 0.25) is 0 Å². The second-order valence-corrected chi connectivity index (χ2v) is 9.76. The lowest BCUT2D eigenvalue weighted by atomic mass is 9.88. The van der Waals surface area contributed by atoms with Gasteiger partial charge in [0.15, 0.2) is 5.96 Å². The first-order valence-electron chi connectivity index (χ1n) is 9.47. The van der Waals surface area contributed by atoms with Crippen LogP contribution in [0.1, 0.15) is 39.5 Å². The van der Waals surface area contributed by atoms with E-state index in [-0.39, 0.29) is 5.54 Å². The van der Waals surface area contributed by atoms with Crippen LogP contribution in [0, 0.1) is 0 Å². The van der Waals surface area contributed by atoms with Crippen LogP contribution < -0.4 is 5.32 Å². The monoisotopic (exact) mass is 354 g/mol. The summed E-state index contributed by atoms with van der Waals surface area (Å²) in [4.78, 5) is 9.74. The Morgan fingerprint density at radius 2 is 1.88 bits per heavy atom. The van der Waals surface area contributed by atoms with Crippen molar-refractivity contribution in [3.8, 4) is 0 Å². The van der Waals surface area contributed by atoms with Gasteiger partial charge in [0.25, 0.3) is 0 Å². The third-order valence-corrected chi connectivity index (χ3v) is 7.01. The summed E-state index contributed by atoms with van der Waals surface area (Å²) in [5, 5.41) is 3.73. The molecule has 3 aliphatic heterocycles. The molecule has 0 aromatic carbocycles. The molecule has 0 aromatic heterocycles. The van der Waals surface area contributed by atoms with Crippen molar-refractivity contribution in [3.05, 3.63) is 0 Å². The molecular formula is C18H34N4OS. The van der Waals surface area contributed by atoms with Crippen LogP contribution in [0.4, 0.5) is 0 Å². The molecule has 3 saturated heterocycles. The Morgan fingerprint density at radius 1 is 1.17 bits per heavy atom. The molecule has 3 rings (SSSR count). The molecule has 138 valence electrons. The molecule has 0 bridgehead atoms. The number of nitrogens with zero attached hydrogens (tertiary/aromatic N) is 3. The third kappa shape index (κ3) is 4.20. The van der Waals surface area contributed by atoms with E-state index < -0.39 is 0 Å². The van der Waals surface area contributed by atoms with E-state index >= 15 is 0 Å². The maximum Gasteiger partial charge on any atom is 0.193 e. The summed E-state index contributed by atoms with van der Waals surface area (Å²) >= 11 is 2.07. The van der Waals surface area contributed by atoms with Crippen LogP contribution in [0.25, 0.3) is 0 Å². The largest absolute Gasteiger partial charge is 0.381 e. The summed E-state index contributed by atoms with van der Waals surface area (Å²) < 4.78 is 5.97. The van der Waals surface area contributed by atoms with Crippen LogP contribution in [0.2, 0.25) is 0 Å². The third-order valence-electron chi connectivity index (χ3n) is 5.71. The molecule has 3 heterocycles. The minimum Gasteiger partial charge on any atom is -0.381 e. The fourth-order valence-electron chi connectivity index (χ4n) is 4.32. The van der Waals surface area contributed by atoms with E-state index in [1.54, 1.807) is 0 Å². The van der Waals surface area contributed by atoms with E-state index in [2.05, 4.69) is 45.7 Å². The van der Waals surface area contributed by atoms with E-state index in [1.165, 1.54) is 31.7 Å². The number of likely N-dealkylation sites (tertiary alicyclic amines) is 1. The van der Waals surface area contributed by atoms with Crippen molar-refractivity contribution in [3.63, 3.8) is 0 Å². The zero-order valence-electron chi connectivity index (χ0n) is 15.6. The summed E-state index contributed by atoms with van der Waals surface area (Å²) in [7, 11) is 1.92. The number of rotatable bonds is 3. The average Bonchev–Trinajstić information content (AvgIpc) is 3.11. The predicted molar refractivity (Wildman–Crippen MR) is 103 cm³/mol. The molecule has 0 spiro atoms. The van der Waals surface area contributed by atoms with E-state index in [0.29, 0.717) is 4.75 Å². The van der Waals surface area contributed by atoms with E-state index in [4.69, 9.17) is 4.74 Å². The van der Waals surface area contributed by atoms with Crippen LogP contribution in [-0.2, 0) is 4.74 Å². The second kappa shape index (κ2) is 7.83. The zero-order valence-corrected chi connectivity index (χ0v) is 16.5. The second-order valence-electron chi connectivity index (χ2n) is 7.96. The highest BCUT2D eigenvalue weighted by Gasteiger charge is 2.40. The van der Waals surface area contributed by atoms with Crippen LogP contribution in [0.15, 0.2) is 4.99 Å². The summed E-state index contributed by atoms with van der Waals surface area (Å²) in [5.74, 6) is 2.26. The van der Waals surface area contributed by atoms with Gasteiger partial charge in [0.1, 0.15) is 0 Å². The van der Waals surface area contributed by atoms with Crippen LogP contribution in [0.3, 0.4) is 0 Å². The van der Waals surface area contributed by atoms with Gasteiger partial charge >= 0.3 is 0 Å². The molecule has 6 heteroatoms. The summed E-state index contributed by atoms with van der Waals surface area (Å²) in [6, 6.07) is 0. The maximum atomic E-state index is 5.66. The number of hydrogen-bond donors (Lipinski definition) is 1. The number of aliphatic imine (C=N–C) groups is 1. The van der Waals surface area contributed by atoms with Gasteiger partial charge in [-0.2, -0.15) is 11.8 Å². The van der Waals surface area contributed by atoms with Gasteiger partial charge < -0.3 is 15.0 Å². The Morgan fingerprint density at radius 3 is 2.50 bits per heavy atom. The van der Waals surface area contributed by atoms with Crippen molar-refractivity contribution in [2.75, 3.05) is 58.7 Å². The topological polar surface area (TPSA) is 40.1 Å². The SMILES string of the molecule is CN=C(NCC1(N2CCCC2)CCOCC1)N1CCSC(C)(C)C1. The van der Waals surface area contributed by atoms with Crippen molar-refractivity contribution in [1.82, 2.24) is 15.1 Å². The Kier molecular flexibility index (Phi) is 5.98. The normalized spacial score (nSPS) is 28.1. The van der Waals surface area contributed by atoms with Gasteiger partial charge in [-0.25, -0.2) is 0 Å². The molecule has 3 aliphatic rings. The molecule has 3 fully saturated rings. The highest BCUT2D eigenvalue weighted by Crippen LogP contribution is 2.32. The zero-order chi connectivity index (χ0) is 17.0. The lowest BCUT2D eigenvalue weighted by Gasteiger charge is -2.46. The fraction of sp³-hybridized carbons (Fsp3) is 0.944. The first-order chi connectivity index (χ1) is 11.5. The predicted octanol–water partition coefficient (Wildman–Crippen LogP) is 2.03. The van der Waals surface area contributed by atoms with Gasteiger partial charge in [-0.3, -0.25) is 9.89 Å². The Balaban J connectivity index is 1.64. The van der Waals surface area contributed by atoms with E-state index in [0.717, 1.165) is 51.6 Å². The van der Waals surface area contributed by atoms with Gasteiger partial charge in [-0.15, -0.1) is 0 Å². The van der Waals surface area contributed by atoms with Crippen molar-refractivity contribution in [2.45, 2.75) is 49.8 Å². The van der Waals surface area contributed by atoms with Crippen molar-refractivity contribution >= 4 is 17.7 Å². The molecule has 1 N–H and O–H groups in total. The summed E-state index contributed by atoms with van der Waals surface area (Å²) in [6.45, 7) is 12.1. The molecule has 0 aromatic rings. The van der Waals surface area contributed by atoms with Crippen molar-refractivity contribution < 1.29 is 4.74 Å². The summed E-state index contributed by atoms with van der Waals surface area (Å²) in [6.07, 6.45) is 4.96. The number of guanidine groups is 1. The number of nitrogens with one attached hydrogen (secondary N) is 1. The Hall–Kier alpha value is -0.460. The molecule has 0 aliphatic carbocycles. The minimum atomic E-state index is 0.255. The minimum absolute atomic E-state index is 0.255. The molecule has 0 saturated carbocycles. The highest BCUT2D eigenvalue weighted by atomic mass is 32.2. The molecule has 5 nitrogen and oxygen atoms in total. The van der Waals surface area contributed by atoms with E-state index in [9.17, 15) is 0 Å². The van der Waals surface area contributed by atoms with Crippen LogP contribution in [0.5, 0.6) is 0 Å². The summed E-state index contributed by atoms with van der Waals surface area (Å²) in [5.41, 5.74) is 0.255. The Bertz CT molecular complexity index is 442. The Labute approximate surface area is 151 Å². The molecule has 24 heavy (non-hydrogen) atoms. The number of hydrogen-bond acceptors (Lipinski definition) is 4. The highest BCUT2D eigenvalue weighted by molar-refractivity contribution is 8.00. The van der Waals surface area contributed by atoms with Gasteiger partial charge in [-0.1, -0.05) is 0 Å². The first kappa shape index (κ1) is 18.3. The standard InChI is InChI=1S/C18H34N4OS/c1-17(2)15-21(10-13-24-17)16(19-3)20-14-18(6-11-23-12-7-18)22-8-4-5-9-22/h4-15H2,1-3H3,(H,19,20). The van der Waals surface area contributed by atoms with Crippen LogP contribution >= 0.6 is 11.8 Å². The van der Waals surface area contributed by atoms with E-state index in [1.807, 2.05) is 7.05 Å². The fourth-order valence-corrected chi connectivity index (χ4v) is 5.43. The molecule has 0 radical (unpaired) electrons. The molecule has 0 unspecified atom stereocenters. The van der Waals surface area contributed by atoms with Crippen molar-refractivity contribution in [1.29, 1.82) is 0 Å². The maximum absolute atomic E-state index is 5.66. The molecule has 0 amide bonds. The first-order valence-corrected chi connectivity index (χ1v) is 10.5. The molecular weight excluding hydrogens is 320 g/mol. The number of thioether (sulfide) groups is 1. The molecule has 0 atom stereocenters. The number of ether oxygens (including phenoxy) is 1. The van der Waals surface area contributed by atoms with Gasteiger partial charge in [-0.05, 0) is 52.6 Å².